The van der Waals surface area contributed by atoms with Gasteiger partial charge < -0.3 is 14.0 Å². The van der Waals surface area contributed by atoms with Crippen LogP contribution in [0.4, 0.5) is 0 Å². The molecule has 7 heteroatoms. The van der Waals surface area contributed by atoms with Crippen LogP contribution in [0.5, 0.6) is 11.5 Å². The number of aryl methyl sites for hydroxylation is 1. The summed E-state index contributed by atoms with van der Waals surface area (Å²) in [6, 6.07) is 12.9. The molecule has 31 heavy (non-hydrogen) atoms. The summed E-state index contributed by atoms with van der Waals surface area (Å²) in [5.41, 5.74) is 6.39. The Morgan fingerprint density at radius 3 is 2.55 bits per heavy atom. The summed E-state index contributed by atoms with van der Waals surface area (Å²) >= 11 is 0. The van der Waals surface area contributed by atoms with E-state index in [1.807, 2.05) is 6.07 Å². The van der Waals surface area contributed by atoms with E-state index in [1.165, 1.54) is 39.5 Å². The molecular weight excluding hydrogens is 412 g/mol. The molecule has 0 atom stereocenters. The molecule has 0 saturated carbocycles. The molecule has 0 saturated heterocycles. The average molecular weight is 441 g/mol. The van der Waals surface area contributed by atoms with Gasteiger partial charge in [-0.15, -0.1) is 0 Å². The maximum absolute atomic E-state index is 11.6. The highest BCUT2D eigenvalue weighted by Crippen LogP contribution is 2.33. The van der Waals surface area contributed by atoms with Crippen molar-refractivity contribution in [1.29, 1.82) is 0 Å². The molecule has 164 valence electrons. The molecule has 0 bridgehead atoms. The number of hydrogen-bond acceptors (Lipinski definition) is 5. The third-order valence-corrected chi connectivity index (χ3v) is 7.26. The number of benzene rings is 2. The zero-order valence-corrected chi connectivity index (χ0v) is 18.9. The van der Waals surface area contributed by atoms with E-state index in [-0.39, 0.29) is 5.75 Å². The predicted octanol–water partition coefficient (Wildman–Crippen LogP) is 2.94. The van der Waals surface area contributed by atoms with E-state index >= 15 is 0 Å². The maximum atomic E-state index is 11.6. The van der Waals surface area contributed by atoms with Crippen LogP contribution in [0.1, 0.15) is 22.4 Å². The SMILES string of the molecule is Cn1c2c(c3cc(Cc4ccc5c(c4)OCCO5)ccc31)CN(CCS(C)(=O)=O)CC2. The van der Waals surface area contributed by atoms with Crippen LogP contribution in [0.15, 0.2) is 36.4 Å². The lowest BCUT2D eigenvalue weighted by Crippen LogP contribution is -2.34. The Hall–Kier alpha value is -2.51. The number of rotatable bonds is 5. The van der Waals surface area contributed by atoms with Crippen molar-refractivity contribution in [2.75, 3.05) is 38.3 Å². The molecule has 0 amide bonds. The Kier molecular flexibility index (Phi) is 5.18. The van der Waals surface area contributed by atoms with Crippen LogP contribution in [-0.4, -0.2) is 56.2 Å². The van der Waals surface area contributed by atoms with Crippen molar-refractivity contribution in [3.05, 3.63) is 58.8 Å². The second kappa shape index (κ2) is 7.88. The van der Waals surface area contributed by atoms with Gasteiger partial charge >= 0.3 is 0 Å². The highest BCUT2D eigenvalue weighted by molar-refractivity contribution is 7.90. The van der Waals surface area contributed by atoms with Gasteiger partial charge in [0.15, 0.2) is 11.5 Å². The fraction of sp³-hybridized carbons (Fsp3) is 0.417. The van der Waals surface area contributed by atoms with E-state index in [0.29, 0.717) is 19.8 Å². The molecule has 0 spiro atoms. The number of sulfone groups is 1. The molecule has 6 nitrogen and oxygen atoms in total. The third-order valence-electron chi connectivity index (χ3n) is 6.34. The van der Waals surface area contributed by atoms with Crippen LogP contribution in [-0.2, 0) is 36.3 Å². The first-order valence-corrected chi connectivity index (χ1v) is 12.8. The first-order valence-electron chi connectivity index (χ1n) is 10.7. The Balaban J connectivity index is 1.42. The van der Waals surface area contributed by atoms with Crippen molar-refractivity contribution < 1.29 is 17.9 Å². The van der Waals surface area contributed by atoms with E-state index in [0.717, 1.165) is 37.4 Å². The molecule has 0 unspecified atom stereocenters. The fourth-order valence-electron chi connectivity index (χ4n) is 4.71. The summed E-state index contributed by atoms with van der Waals surface area (Å²) in [6.07, 6.45) is 3.08. The lowest BCUT2D eigenvalue weighted by Gasteiger charge is -2.27. The van der Waals surface area contributed by atoms with Crippen LogP contribution >= 0.6 is 0 Å². The van der Waals surface area contributed by atoms with E-state index in [1.54, 1.807) is 0 Å². The Labute approximate surface area is 183 Å². The summed E-state index contributed by atoms with van der Waals surface area (Å²) in [5, 5.41) is 1.27. The number of fused-ring (bicyclic) bond motifs is 4. The van der Waals surface area contributed by atoms with E-state index in [2.05, 4.69) is 46.8 Å². The summed E-state index contributed by atoms with van der Waals surface area (Å²) in [5.74, 6) is 1.85. The quantitative estimate of drug-likeness (QED) is 0.611. The summed E-state index contributed by atoms with van der Waals surface area (Å²) in [6.45, 7) is 3.48. The van der Waals surface area contributed by atoms with Crippen LogP contribution in [0.2, 0.25) is 0 Å². The molecule has 3 aromatic rings. The van der Waals surface area contributed by atoms with Crippen molar-refractivity contribution in [2.24, 2.45) is 7.05 Å². The van der Waals surface area contributed by atoms with Gasteiger partial charge in [-0.25, -0.2) is 8.42 Å². The van der Waals surface area contributed by atoms with Crippen molar-refractivity contribution >= 4 is 20.7 Å². The minimum Gasteiger partial charge on any atom is -0.486 e. The standard InChI is InChI=1S/C24H28N2O4S/c1-25-21-5-3-17(13-18-4-6-23-24(15-18)30-11-10-29-23)14-19(21)20-16-26(8-7-22(20)25)9-12-31(2,27)28/h3-6,14-15H,7-13,16H2,1-2H3. The Bertz CT molecular complexity index is 1250. The van der Waals surface area contributed by atoms with Crippen molar-refractivity contribution in [1.82, 2.24) is 9.47 Å². The maximum Gasteiger partial charge on any atom is 0.161 e. The van der Waals surface area contributed by atoms with Crippen LogP contribution in [0.3, 0.4) is 0 Å². The van der Waals surface area contributed by atoms with Gasteiger partial charge in [-0.1, -0.05) is 12.1 Å². The van der Waals surface area contributed by atoms with E-state index < -0.39 is 9.84 Å². The Morgan fingerprint density at radius 2 is 1.74 bits per heavy atom. The topological polar surface area (TPSA) is 60.8 Å². The number of hydrogen-bond donors (Lipinski definition) is 0. The zero-order chi connectivity index (χ0) is 21.6. The number of aromatic nitrogens is 1. The molecule has 0 aliphatic carbocycles. The normalized spacial score (nSPS) is 16.5. The van der Waals surface area contributed by atoms with Gasteiger partial charge in [0.25, 0.3) is 0 Å². The molecule has 1 aromatic heterocycles. The summed E-state index contributed by atoms with van der Waals surface area (Å²) in [4.78, 5) is 2.26. The summed E-state index contributed by atoms with van der Waals surface area (Å²) < 4.78 is 36.9. The molecule has 0 fully saturated rings. The van der Waals surface area contributed by atoms with Gasteiger partial charge in [-0.3, -0.25) is 4.90 Å². The van der Waals surface area contributed by atoms with Gasteiger partial charge in [0.2, 0.25) is 0 Å². The zero-order valence-electron chi connectivity index (χ0n) is 18.1. The highest BCUT2D eigenvalue weighted by Gasteiger charge is 2.23. The molecule has 2 aliphatic heterocycles. The highest BCUT2D eigenvalue weighted by atomic mass is 32.2. The van der Waals surface area contributed by atoms with Gasteiger partial charge in [0.1, 0.15) is 23.1 Å². The van der Waals surface area contributed by atoms with Crippen molar-refractivity contribution in [2.45, 2.75) is 19.4 Å². The first-order chi connectivity index (χ1) is 14.9. The molecule has 2 aliphatic rings. The minimum atomic E-state index is -2.95. The minimum absolute atomic E-state index is 0.211. The van der Waals surface area contributed by atoms with Crippen LogP contribution < -0.4 is 9.47 Å². The molecule has 0 radical (unpaired) electrons. The van der Waals surface area contributed by atoms with Crippen molar-refractivity contribution in [3.8, 4) is 11.5 Å². The van der Waals surface area contributed by atoms with Gasteiger partial charge in [0, 0.05) is 56.0 Å². The number of nitrogens with zero attached hydrogens (tertiary/aromatic N) is 2. The average Bonchev–Trinajstić information content (AvgIpc) is 3.03. The second-order valence-corrected chi connectivity index (χ2v) is 10.9. The fourth-order valence-corrected chi connectivity index (χ4v) is 5.30. The van der Waals surface area contributed by atoms with Gasteiger partial charge in [-0.2, -0.15) is 0 Å². The molecular formula is C24H28N2O4S. The smallest absolute Gasteiger partial charge is 0.161 e. The van der Waals surface area contributed by atoms with Crippen molar-refractivity contribution in [3.63, 3.8) is 0 Å². The molecule has 3 heterocycles. The molecule has 2 aromatic carbocycles. The third kappa shape index (κ3) is 4.16. The lowest BCUT2D eigenvalue weighted by atomic mass is 9.99. The first kappa shape index (κ1) is 20.4. The lowest BCUT2D eigenvalue weighted by molar-refractivity contribution is 0.171. The molecule has 0 N–H and O–H groups in total. The Morgan fingerprint density at radius 1 is 1.00 bits per heavy atom. The second-order valence-electron chi connectivity index (χ2n) is 8.65. The van der Waals surface area contributed by atoms with E-state index in [4.69, 9.17) is 9.47 Å². The van der Waals surface area contributed by atoms with Gasteiger partial charge in [0.05, 0.1) is 5.75 Å². The predicted molar refractivity (Wildman–Crippen MR) is 122 cm³/mol. The molecule has 5 rings (SSSR count). The summed E-state index contributed by atoms with van der Waals surface area (Å²) in [7, 11) is -0.819. The van der Waals surface area contributed by atoms with Crippen LogP contribution in [0.25, 0.3) is 10.9 Å². The monoisotopic (exact) mass is 440 g/mol. The largest absolute Gasteiger partial charge is 0.486 e. The van der Waals surface area contributed by atoms with Crippen LogP contribution in [0, 0.1) is 0 Å². The van der Waals surface area contributed by atoms with Gasteiger partial charge in [-0.05, 0) is 47.4 Å². The number of ether oxygens (including phenoxy) is 2. The van der Waals surface area contributed by atoms with E-state index in [9.17, 15) is 8.42 Å².